The maximum absolute atomic E-state index is 5.88. The van der Waals surface area contributed by atoms with E-state index >= 15 is 0 Å². The minimum atomic E-state index is 0.517. The molecule has 25 heavy (non-hydrogen) atoms. The van der Waals surface area contributed by atoms with Crippen molar-refractivity contribution in [2.24, 2.45) is 0 Å². The lowest BCUT2D eigenvalue weighted by Crippen LogP contribution is -2.30. The Morgan fingerprint density at radius 1 is 1.00 bits per heavy atom. The number of benzene rings is 2. The zero-order valence-electron chi connectivity index (χ0n) is 14.4. The molecule has 0 aliphatic carbocycles. The summed E-state index contributed by atoms with van der Waals surface area (Å²) in [4.78, 5) is 0. The van der Waals surface area contributed by atoms with Crippen molar-refractivity contribution >= 4 is 34.6 Å². The van der Waals surface area contributed by atoms with Crippen LogP contribution in [0.2, 0.25) is 5.02 Å². The lowest BCUT2D eigenvalue weighted by molar-refractivity contribution is 0.324. The van der Waals surface area contributed by atoms with Gasteiger partial charge in [0.25, 0.3) is 0 Å². The molecule has 0 aromatic heterocycles. The summed E-state index contributed by atoms with van der Waals surface area (Å²) in [5.74, 6) is 1.67. The number of rotatable bonds is 7. The van der Waals surface area contributed by atoms with Gasteiger partial charge in [0.15, 0.2) is 16.6 Å². The summed E-state index contributed by atoms with van der Waals surface area (Å²) < 4.78 is 16.0. The molecule has 0 spiro atoms. The summed E-state index contributed by atoms with van der Waals surface area (Å²) in [6.07, 6.45) is 0.842. The third-order valence-corrected chi connectivity index (χ3v) is 4.03. The number of nitrogens with one attached hydrogen (secondary N) is 2. The summed E-state index contributed by atoms with van der Waals surface area (Å²) in [7, 11) is 4.71. The maximum Gasteiger partial charge on any atom is 0.203 e. The summed E-state index contributed by atoms with van der Waals surface area (Å²) in [5, 5.41) is 7.54. The van der Waals surface area contributed by atoms with Crippen molar-refractivity contribution in [2.75, 3.05) is 33.2 Å². The van der Waals surface area contributed by atoms with E-state index in [1.165, 1.54) is 5.56 Å². The van der Waals surface area contributed by atoms with Crippen LogP contribution in [0.25, 0.3) is 0 Å². The zero-order valence-corrected chi connectivity index (χ0v) is 16.0. The van der Waals surface area contributed by atoms with Crippen molar-refractivity contribution in [1.29, 1.82) is 0 Å². The first-order chi connectivity index (χ1) is 12.1. The van der Waals surface area contributed by atoms with Gasteiger partial charge in [-0.25, -0.2) is 0 Å². The van der Waals surface area contributed by atoms with Crippen LogP contribution in [0.5, 0.6) is 17.2 Å². The molecule has 0 heterocycles. The van der Waals surface area contributed by atoms with E-state index in [9.17, 15) is 0 Å². The molecule has 0 radical (unpaired) electrons. The molecule has 7 heteroatoms. The Kier molecular flexibility index (Phi) is 7.16. The van der Waals surface area contributed by atoms with Crippen molar-refractivity contribution in [3.8, 4) is 17.2 Å². The van der Waals surface area contributed by atoms with Crippen LogP contribution in [0.4, 0.5) is 5.69 Å². The second kappa shape index (κ2) is 9.34. The molecule has 0 fully saturated rings. The summed E-state index contributed by atoms with van der Waals surface area (Å²) in [6, 6.07) is 11.4. The van der Waals surface area contributed by atoms with Gasteiger partial charge in [0.1, 0.15) is 0 Å². The SMILES string of the molecule is COc1cc(NC(=S)NCCc2ccc(Cl)cc2)cc(OC)c1OC. The second-order valence-electron chi connectivity index (χ2n) is 5.17. The highest BCUT2D eigenvalue weighted by Crippen LogP contribution is 2.39. The van der Waals surface area contributed by atoms with Gasteiger partial charge in [-0.1, -0.05) is 23.7 Å². The molecule has 134 valence electrons. The Hall–Kier alpha value is -2.18. The van der Waals surface area contributed by atoms with Crippen LogP contribution in [0.3, 0.4) is 0 Å². The molecule has 2 aromatic carbocycles. The van der Waals surface area contributed by atoms with Crippen LogP contribution >= 0.6 is 23.8 Å². The molecule has 0 aliphatic heterocycles. The Balaban J connectivity index is 1.94. The minimum Gasteiger partial charge on any atom is -0.493 e. The second-order valence-corrected chi connectivity index (χ2v) is 6.02. The maximum atomic E-state index is 5.88. The van der Waals surface area contributed by atoms with Crippen molar-refractivity contribution in [1.82, 2.24) is 5.32 Å². The van der Waals surface area contributed by atoms with E-state index in [0.717, 1.165) is 17.1 Å². The predicted molar refractivity (Wildman–Crippen MR) is 105 cm³/mol. The number of halogens is 1. The van der Waals surface area contributed by atoms with Gasteiger partial charge in [-0.15, -0.1) is 0 Å². The molecule has 0 aliphatic rings. The Morgan fingerprint density at radius 2 is 1.60 bits per heavy atom. The van der Waals surface area contributed by atoms with E-state index in [1.54, 1.807) is 33.5 Å². The third kappa shape index (κ3) is 5.41. The number of methoxy groups -OCH3 is 3. The number of hydrogen-bond acceptors (Lipinski definition) is 4. The van der Waals surface area contributed by atoms with Gasteiger partial charge in [-0.05, 0) is 36.3 Å². The average molecular weight is 381 g/mol. The standard InChI is InChI=1S/C18H21ClN2O3S/c1-22-15-10-14(11-16(23-2)17(15)24-3)21-18(25)20-9-8-12-4-6-13(19)7-5-12/h4-7,10-11H,8-9H2,1-3H3,(H2,20,21,25). The molecule has 2 aromatic rings. The van der Waals surface area contributed by atoms with Crippen molar-refractivity contribution < 1.29 is 14.2 Å². The Labute approximate surface area is 158 Å². The molecule has 0 bridgehead atoms. The molecular formula is C18H21ClN2O3S. The highest BCUT2D eigenvalue weighted by atomic mass is 35.5. The molecule has 5 nitrogen and oxygen atoms in total. The molecule has 0 amide bonds. The monoisotopic (exact) mass is 380 g/mol. The molecule has 2 N–H and O–H groups in total. The molecule has 2 rings (SSSR count). The first kappa shape index (κ1) is 19.1. The zero-order chi connectivity index (χ0) is 18.2. The lowest BCUT2D eigenvalue weighted by Gasteiger charge is -2.16. The van der Waals surface area contributed by atoms with Crippen molar-refractivity contribution in [2.45, 2.75) is 6.42 Å². The highest BCUT2D eigenvalue weighted by molar-refractivity contribution is 7.80. The van der Waals surface area contributed by atoms with Crippen molar-refractivity contribution in [3.05, 3.63) is 47.0 Å². The number of anilines is 1. The molecule has 0 atom stereocenters. The molecule has 0 saturated heterocycles. The third-order valence-electron chi connectivity index (χ3n) is 3.54. The molecule has 0 saturated carbocycles. The summed E-state index contributed by atoms with van der Waals surface area (Å²) >= 11 is 11.2. The van der Waals surface area contributed by atoms with Crippen LogP contribution in [-0.2, 0) is 6.42 Å². The highest BCUT2D eigenvalue weighted by Gasteiger charge is 2.13. The smallest absolute Gasteiger partial charge is 0.203 e. The van der Waals surface area contributed by atoms with E-state index in [2.05, 4.69) is 10.6 Å². The normalized spacial score (nSPS) is 10.1. The largest absolute Gasteiger partial charge is 0.493 e. The van der Waals surface area contributed by atoms with Gasteiger partial charge < -0.3 is 24.8 Å². The van der Waals surface area contributed by atoms with E-state index in [0.29, 0.717) is 28.9 Å². The van der Waals surface area contributed by atoms with Crippen LogP contribution in [-0.4, -0.2) is 33.0 Å². The van der Waals surface area contributed by atoms with Gasteiger partial charge in [-0.2, -0.15) is 0 Å². The van der Waals surface area contributed by atoms with Crippen LogP contribution in [0.15, 0.2) is 36.4 Å². The van der Waals surface area contributed by atoms with E-state index in [-0.39, 0.29) is 0 Å². The molecular weight excluding hydrogens is 360 g/mol. The fraction of sp³-hybridized carbons (Fsp3) is 0.278. The van der Waals surface area contributed by atoms with Gasteiger partial charge in [0.05, 0.1) is 21.3 Å². The molecule has 0 unspecified atom stereocenters. The Morgan fingerprint density at radius 3 is 2.12 bits per heavy atom. The van der Waals surface area contributed by atoms with E-state index in [4.69, 9.17) is 38.0 Å². The topological polar surface area (TPSA) is 51.8 Å². The minimum absolute atomic E-state index is 0.517. The summed E-state index contributed by atoms with van der Waals surface area (Å²) in [5.41, 5.74) is 1.94. The number of thiocarbonyl (C=S) groups is 1. The number of hydrogen-bond donors (Lipinski definition) is 2. The van der Waals surface area contributed by atoms with Gasteiger partial charge in [0.2, 0.25) is 5.75 Å². The lowest BCUT2D eigenvalue weighted by atomic mass is 10.1. The van der Waals surface area contributed by atoms with Gasteiger partial charge >= 0.3 is 0 Å². The predicted octanol–water partition coefficient (Wildman–Crippen LogP) is 3.89. The quantitative estimate of drug-likeness (QED) is 0.710. The van der Waals surface area contributed by atoms with Gasteiger partial charge in [0, 0.05) is 29.4 Å². The van der Waals surface area contributed by atoms with Crippen molar-refractivity contribution in [3.63, 3.8) is 0 Å². The van der Waals surface area contributed by atoms with E-state index < -0.39 is 0 Å². The van der Waals surface area contributed by atoms with Crippen LogP contribution < -0.4 is 24.8 Å². The fourth-order valence-electron chi connectivity index (χ4n) is 2.30. The number of ether oxygens (including phenoxy) is 3. The van der Waals surface area contributed by atoms with Gasteiger partial charge in [-0.3, -0.25) is 0 Å². The first-order valence-corrected chi connectivity index (χ1v) is 8.45. The summed E-state index contributed by atoms with van der Waals surface area (Å²) in [6.45, 7) is 0.706. The van der Waals surface area contributed by atoms with Crippen LogP contribution in [0, 0.1) is 0 Å². The first-order valence-electron chi connectivity index (χ1n) is 7.66. The van der Waals surface area contributed by atoms with Crippen LogP contribution in [0.1, 0.15) is 5.56 Å². The fourth-order valence-corrected chi connectivity index (χ4v) is 2.65. The van der Waals surface area contributed by atoms with E-state index in [1.807, 2.05) is 24.3 Å². The average Bonchev–Trinajstić information content (AvgIpc) is 2.62. The Bertz CT molecular complexity index is 698.